The van der Waals surface area contributed by atoms with Gasteiger partial charge in [0.15, 0.2) is 0 Å². The topological polar surface area (TPSA) is 29.3 Å². The minimum Gasteiger partial charge on any atom is -0.397 e. The van der Waals surface area contributed by atoms with Crippen LogP contribution in [0.15, 0.2) is 42.5 Å². The first-order chi connectivity index (χ1) is 8.58. The van der Waals surface area contributed by atoms with E-state index in [1.54, 1.807) is 12.1 Å². The van der Waals surface area contributed by atoms with Crippen LogP contribution in [0.2, 0.25) is 0 Å². The van der Waals surface area contributed by atoms with Crippen LogP contribution in [0.5, 0.6) is 0 Å². The summed E-state index contributed by atoms with van der Waals surface area (Å²) in [5.41, 5.74) is 9.78. The second-order valence-electron chi connectivity index (χ2n) is 4.49. The van der Waals surface area contributed by atoms with Gasteiger partial charge in [-0.25, -0.2) is 4.39 Å². The van der Waals surface area contributed by atoms with Crippen molar-refractivity contribution in [1.29, 1.82) is 0 Å². The number of hydrogen-bond donors (Lipinski definition) is 1. The van der Waals surface area contributed by atoms with Gasteiger partial charge in [-0.3, -0.25) is 0 Å². The Kier molecular flexibility index (Phi) is 3.51. The molecule has 0 unspecified atom stereocenters. The number of anilines is 2. The zero-order chi connectivity index (χ0) is 13.1. The Morgan fingerprint density at radius 2 is 1.89 bits per heavy atom. The van der Waals surface area contributed by atoms with Crippen molar-refractivity contribution < 1.29 is 4.39 Å². The molecule has 0 heterocycles. The van der Waals surface area contributed by atoms with E-state index in [2.05, 4.69) is 0 Å². The number of rotatable bonds is 3. The first kappa shape index (κ1) is 12.4. The van der Waals surface area contributed by atoms with Crippen molar-refractivity contribution in [2.24, 2.45) is 0 Å². The van der Waals surface area contributed by atoms with Crippen LogP contribution < -0.4 is 10.6 Å². The van der Waals surface area contributed by atoms with E-state index in [0.29, 0.717) is 6.54 Å². The third kappa shape index (κ3) is 2.62. The fourth-order valence-electron chi connectivity index (χ4n) is 1.99. The first-order valence-corrected chi connectivity index (χ1v) is 5.88. The number of hydrogen-bond acceptors (Lipinski definition) is 2. The van der Waals surface area contributed by atoms with Crippen LogP contribution in [0.3, 0.4) is 0 Å². The van der Waals surface area contributed by atoms with Crippen molar-refractivity contribution in [3.05, 3.63) is 59.4 Å². The maximum absolute atomic E-state index is 13.1. The molecule has 0 radical (unpaired) electrons. The lowest BCUT2D eigenvalue weighted by molar-refractivity contribution is 0.625. The Balaban J connectivity index is 2.22. The molecular weight excluding hydrogens is 227 g/mol. The minimum atomic E-state index is -0.210. The summed E-state index contributed by atoms with van der Waals surface area (Å²) in [7, 11) is 1.95. The van der Waals surface area contributed by atoms with Crippen LogP contribution in [0, 0.1) is 12.7 Å². The molecule has 0 fully saturated rings. The van der Waals surface area contributed by atoms with Gasteiger partial charge in [0.25, 0.3) is 0 Å². The summed E-state index contributed by atoms with van der Waals surface area (Å²) in [5.74, 6) is -0.210. The lowest BCUT2D eigenvalue weighted by Gasteiger charge is -2.22. The summed E-state index contributed by atoms with van der Waals surface area (Å²) in [6.45, 7) is 2.61. The van der Waals surface area contributed by atoms with E-state index in [1.807, 2.05) is 43.1 Å². The number of benzene rings is 2. The SMILES string of the molecule is Cc1cccc(N(C)Cc2cccc(F)c2)c1N. The molecule has 18 heavy (non-hydrogen) atoms. The number of nitrogens with zero attached hydrogens (tertiary/aromatic N) is 1. The monoisotopic (exact) mass is 244 g/mol. The third-order valence-electron chi connectivity index (χ3n) is 3.02. The molecule has 0 aliphatic heterocycles. The summed E-state index contributed by atoms with van der Waals surface area (Å²) in [6, 6.07) is 12.6. The Morgan fingerprint density at radius 1 is 1.17 bits per heavy atom. The highest BCUT2D eigenvalue weighted by Crippen LogP contribution is 2.26. The molecule has 94 valence electrons. The number of halogens is 1. The number of nitrogen functional groups attached to an aromatic ring is 1. The molecule has 0 saturated carbocycles. The highest BCUT2D eigenvalue weighted by Gasteiger charge is 2.07. The smallest absolute Gasteiger partial charge is 0.123 e. The predicted octanol–water partition coefficient (Wildman–Crippen LogP) is 3.35. The average Bonchev–Trinajstić information content (AvgIpc) is 2.32. The highest BCUT2D eigenvalue weighted by atomic mass is 19.1. The summed E-state index contributed by atoms with van der Waals surface area (Å²) in [5, 5.41) is 0. The maximum Gasteiger partial charge on any atom is 0.123 e. The molecule has 2 rings (SSSR count). The molecule has 0 amide bonds. The summed E-state index contributed by atoms with van der Waals surface area (Å²) < 4.78 is 13.1. The van der Waals surface area contributed by atoms with Crippen molar-refractivity contribution in [2.45, 2.75) is 13.5 Å². The Labute approximate surface area is 107 Å². The van der Waals surface area contributed by atoms with Crippen molar-refractivity contribution in [3.8, 4) is 0 Å². The molecule has 2 nitrogen and oxygen atoms in total. The van der Waals surface area contributed by atoms with E-state index < -0.39 is 0 Å². The van der Waals surface area contributed by atoms with Crippen LogP contribution in [0.4, 0.5) is 15.8 Å². The molecular formula is C15H17FN2. The maximum atomic E-state index is 13.1. The molecule has 2 aromatic carbocycles. The second-order valence-corrected chi connectivity index (χ2v) is 4.49. The van der Waals surface area contributed by atoms with Crippen LogP contribution in [0.1, 0.15) is 11.1 Å². The molecule has 0 spiro atoms. The molecule has 0 bridgehead atoms. The Bertz CT molecular complexity index is 552. The fraction of sp³-hybridized carbons (Fsp3) is 0.200. The number of nitrogens with two attached hydrogens (primary N) is 1. The summed E-state index contributed by atoms with van der Waals surface area (Å²) in [6.07, 6.45) is 0. The van der Waals surface area contributed by atoms with E-state index in [-0.39, 0.29) is 5.82 Å². The van der Waals surface area contributed by atoms with Gasteiger partial charge in [0.05, 0.1) is 11.4 Å². The van der Waals surface area contributed by atoms with Gasteiger partial charge in [-0.05, 0) is 36.2 Å². The van der Waals surface area contributed by atoms with Crippen molar-refractivity contribution in [2.75, 3.05) is 17.7 Å². The largest absolute Gasteiger partial charge is 0.397 e. The van der Waals surface area contributed by atoms with Crippen molar-refractivity contribution >= 4 is 11.4 Å². The van der Waals surface area contributed by atoms with Gasteiger partial charge >= 0.3 is 0 Å². The van der Waals surface area contributed by atoms with Crippen molar-refractivity contribution in [1.82, 2.24) is 0 Å². The average molecular weight is 244 g/mol. The standard InChI is InChI=1S/C15H17FN2/c1-11-5-3-8-14(15(11)17)18(2)10-12-6-4-7-13(16)9-12/h3-9H,10,17H2,1-2H3. The van der Waals surface area contributed by atoms with Gasteiger partial charge < -0.3 is 10.6 Å². The molecule has 0 aromatic heterocycles. The zero-order valence-corrected chi connectivity index (χ0v) is 10.7. The molecule has 0 aliphatic carbocycles. The second kappa shape index (κ2) is 5.08. The molecule has 2 N–H and O–H groups in total. The molecule has 0 aliphatic rings. The Hall–Kier alpha value is -2.03. The van der Waals surface area contributed by atoms with E-state index in [1.165, 1.54) is 6.07 Å². The minimum absolute atomic E-state index is 0.210. The lowest BCUT2D eigenvalue weighted by atomic mass is 10.1. The zero-order valence-electron chi connectivity index (χ0n) is 10.7. The highest BCUT2D eigenvalue weighted by molar-refractivity contribution is 5.70. The van der Waals surface area contributed by atoms with Gasteiger partial charge in [0, 0.05) is 13.6 Å². The molecule has 3 heteroatoms. The molecule has 2 aromatic rings. The quantitative estimate of drug-likeness (QED) is 0.839. The summed E-state index contributed by atoms with van der Waals surface area (Å²) >= 11 is 0. The van der Waals surface area contributed by atoms with Gasteiger partial charge in [-0.2, -0.15) is 0 Å². The fourth-order valence-corrected chi connectivity index (χ4v) is 1.99. The number of aryl methyl sites for hydroxylation is 1. The molecule has 0 atom stereocenters. The van der Waals surface area contributed by atoms with Crippen molar-refractivity contribution in [3.63, 3.8) is 0 Å². The van der Waals surface area contributed by atoms with Crippen LogP contribution in [-0.4, -0.2) is 7.05 Å². The lowest BCUT2D eigenvalue weighted by Crippen LogP contribution is -2.18. The predicted molar refractivity (Wildman–Crippen MR) is 74.1 cm³/mol. The van der Waals surface area contributed by atoms with Gasteiger partial charge in [-0.1, -0.05) is 24.3 Å². The normalized spacial score (nSPS) is 10.4. The third-order valence-corrected chi connectivity index (χ3v) is 3.02. The van der Waals surface area contributed by atoms with E-state index in [4.69, 9.17) is 5.73 Å². The summed E-state index contributed by atoms with van der Waals surface area (Å²) in [4.78, 5) is 2.02. The Morgan fingerprint density at radius 3 is 2.61 bits per heavy atom. The van der Waals surface area contributed by atoms with Gasteiger partial charge in [0.2, 0.25) is 0 Å². The first-order valence-electron chi connectivity index (χ1n) is 5.88. The van der Waals surface area contributed by atoms with Gasteiger partial charge in [0.1, 0.15) is 5.82 Å². The van der Waals surface area contributed by atoms with E-state index in [0.717, 1.165) is 22.5 Å². The van der Waals surface area contributed by atoms with Crippen LogP contribution >= 0.6 is 0 Å². The van der Waals surface area contributed by atoms with E-state index in [9.17, 15) is 4.39 Å². The molecule has 0 saturated heterocycles. The van der Waals surface area contributed by atoms with Crippen LogP contribution in [0.25, 0.3) is 0 Å². The number of para-hydroxylation sites is 1. The van der Waals surface area contributed by atoms with Crippen LogP contribution in [-0.2, 0) is 6.54 Å². The van der Waals surface area contributed by atoms with Gasteiger partial charge in [-0.15, -0.1) is 0 Å². The van der Waals surface area contributed by atoms with E-state index >= 15 is 0 Å².